The fourth-order valence-corrected chi connectivity index (χ4v) is 4.31. The van der Waals surface area contributed by atoms with E-state index in [1.807, 2.05) is 33.9 Å². The number of amides is 2. The van der Waals surface area contributed by atoms with Crippen LogP contribution in [-0.2, 0) is 4.79 Å². The highest BCUT2D eigenvalue weighted by molar-refractivity contribution is 7.99. The zero-order chi connectivity index (χ0) is 20.9. The first-order valence-electron chi connectivity index (χ1n) is 10.0. The molecule has 0 saturated carbocycles. The van der Waals surface area contributed by atoms with E-state index in [4.69, 9.17) is 0 Å². The van der Waals surface area contributed by atoms with E-state index >= 15 is 0 Å². The van der Waals surface area contributed by atoms with Crippen LogP contribution in [0.1, 0.15) is 28.8 Å². The lowest BCUT2D eigenvalue weighted by molar-refractivity contribution is -0.113. The van der Waals surface area contributed by atoms with Gasteiger partial charge in [-0.2, -0.15) is 0 Å². The number of rotatable bonds is 6. The van der Waals surface area contributed by atoms with Crippen molar-refractivity contribution in [2.24, 2.45) is 0 Å². The SMILES string of the molecule is Cc1ccccc1-n1ccnc1SCC(=O)Nc1ccc(C(=O)N2CCCC2)cc1. The molecule has 1 aliphatic rings. The van der Waals surface area contributed by atoms with Gasteiger partial charge in [-0.3, -0.25) is 14.2 Å². The Bertz CT molecular complexity index is 1040. The average Bonchev–Trinajstić information content (AvgIpc) is 3.45. The van der Waals surface area contributed by atoms with E-state index in [1.165, 1.54) is 11.8 Å². The number of nitrogens with one attached hydrogen (secondary N) is 1. The van der Waals surface area contributed by atoms with Gasteiger partial charge in [-0.25, -0.2) is 4.98 Å². The van der Waals surface area contributed by atoms with Gasteiger partial charge in [0.2, 0.25) is 5.91 Å². The van der Waals surface area contributed by atoms with E-state index in [0.717, 1.165) is 42.3 Å². The van der Waals surface area contributed by atoms with E-state index in [1.54, 1.807) is 30.5 Å². The number of imidazole rings is 1. The highest BCUT2D eigenvalue weighted by Gasteiger charge is 2.19. The molecular weight excluding hydrogens is 396 g/mol. The second kappa shape index (κ2) is 9.17. The Hall–Kier alpha value is -3.06. The molecule has 2 amide bonds. The summed E-state index contributed by atoms with van der Waals surface area (Å²) in [6.45, 7) is 3.70. The molecule has 4 rings (SSSR count). The summed E-state index contributed by atoms with van der Waals surface area (Å²) in [7, 11) is 0. The lowest BCUT2D eigenvalue weighted by atomic mass is 10.2. The lowest BCUT2D eigenvalue weighted by Gasteiger charge is -2.15. The molecule has 154 valence electrons. The van der Waals surface area contributed by atoms with Gasteiger partial charge in [0.05, 0.1) is 11.4 Å². The zero-order valence-electron chi connectivity index (χ0n) is 16.9. The number of anilines is 1. The van der Waals surface area contributed by atoms with Gasteiger partial charge in [-0.15, -0.1) is 0 Å². The maximum Gasteiger partial charge on any atom is 0.253 e. The molecule has 0 atom stereocenters. The Balaban J connectivity index is 1.34. The van der Waals surface area contributed by atoms with E-state index < -0.39 is 0 Å². The second-order valence-corrected chi connectivity index (χ2v) is 8.22. The third-order valence-electron chi connectivity index (χ3n) is 5.12. The summed E-state index contributed by atoms with van der Waals surface area (Å²) >= 11 is 1.39. The molecule has 1 aromatic heterocycles. The normalized spacial score (nSPS) is 13.4. The van der Waals surface area contributed by atoms with Crippen molar-refractivity contribution in [1.29, 1.82) is 0 Å². The highest BCUT2D eigenvalue weighted by Crippen LogP contribution is 2.23. The summed E-state index contributed by atoms with van der Waals surface area (Å²) in [5.41, 5.74) is 3.53. The standard InChI is InChI=1S/C23H24N4O2S/c1-17-6-2-3-7-20(17)27-15-12-24-23(27)30-16-21(28)25-19-10-8-18(9-11-19)22(29)26-13-4-5-14-26/h2-3,6-12,15H,4-5,13-14,16H2,1H3,(H,25,28). The minimum absolute atomic E-state index is 0.0592. The minimum atomic E-state index is -0.113. The molecule has 1 saturated heterocycles. The molecule has 0 aliphatic carbocycles. The maximum absolute atomic E-state index is 12.4. The van der Waals surface area contributed by atoms with Gasteiger partial charge >= 0.3 is 0 Å². The lowest BCUT2D eigenvalue weighted by Crippen LogP contribution is -2.27. The van der Waals surface area contributed by atoms with Crippen LogP contribution in [0.2, 0.25) is 0 Å². The second-order valence-electron chi connectivity index (χ2n) is 7.28. The Morgan fingerprint density at radius 2 is 1.80 bits per heavy atom. The first kappa shape index (κ1) is 20.2. The molecule has 2 heterocycles. The molecule has 1 N–H and O–H groups in total. The summed E-state index contributed by atoms with van der Waals surface area (Å²) in [5, 5.41) is 3.66. The Morgan fingerprint density at radius 3 is 2.53 bits per heavy atom. The largest absolute Gasteiger partial charge is 0.339 e. The van der Waals surface area contributed by atoms with Crippen molar-refractivity contribution in [3.63, 3.8) is 0 Å². The first-order chi connectivity index (χ1) is 14.6. The number of nitrogens with zero attached hydrogens (tertiary/aromatic N) is 3. The minimum Gasteiger partial charge on any atom is -0.339 e. The monoisotopic (exact) mass is 420 g/mol. The van der Waals surface area contributed by atoms with Crippen LogP contribution < -0.4 is 5.32 Å². The van der Waals surface area contributed by atoms with E-state index in [9.17, 15) is 9.59 Å². The van der Waals surface area contributed by atoms with Gasteiger partial charge < -0.3 is 10.2 Å². The predicted octanol–water partition coefficient (Wildman–Crippen LogP) is 4.15. The van der Waals surface area contributed by atoms with Crippen LogP contribution in [-0.4, -0.2) is 45.1 Å². The molecule has 0 radical (unpaired) electrons. The van der Waals surface area contributed by atoms with Gasteiger partial charge in [0.1, 0.15) is 0 Å². The number of carbonyl (C=O) groups excluding carboxylic acids is 2. The number of thioether (sulfide) groups is 1. The molecule has 7 heteroatoms. The van der Waals surface area contributed by atoms with E-state index in [-0.39, 0.29) is 17.6 Å². The van der Waals surface area contributed by atoms with Crippen LogP contribution in [0.3, 0.4) is 0 Å². The third kappa shape index (κ3) is 4.57. The molecule has 2 aromatic carbocycles. The number of para-hydroxylation sites is 1. The quantitative estimate of drug-likeness (QED) is 0.609. The van der Waals surface area contributed by atoms with Crippen molar-refractivity contribution in [2.45, 2.75) is 24.9 Å². The predicted molar refractivity (Wildman–Crippen MR) is 119 cm³/mol. The van der Waals surface area contributed by atoms with Crippen LogP contribution in [0.4, 0.5) is 5.69 Å². The van der Waals surface area contributed by atoms with E-state index in [2.05, 4.69) is 23.3 Å². The topological polar surface area (TPSA) is 67.2 Å². The molecule has 0 unspecified atom stereocenters. The smallest absolute Gasteiger partial charge is 0.253 e. The van der Waals surface area contributed by atoms with Crippen LogP contribution in [0.15, 0.2) is 66.1 Å². The number of aromatic nitrogens is 2. The van der Waals surface area contributed by atoms with Crippen molar-refractivity contribution in [1.82, 2.24) is 14.5 Å². The molecule has 1 fully saturated rings. The van der Waals surface area contributed by atoms with Crippen LogP contribution >= 0.6 is 11.8 Å². The summed E-state index contributed by atoms with van der Waals surface area (Å²) in [5.74, 6) is 0.194. The van der Waals surface area contributed by atoms with Crippen LogP contribution in [0.25, 0.3) is 5.69 Å². The van der Waals surface area contributed by atoms with Crippen LogP contribution in [0, 0.1) is 6.92 Å². The fourth-order valence-electron chi connectivity index (χ4n) is 3.54. The van der Waals surface area contributed by atoms with Gasteiger partial charge in [-0.1, -0.05) is 30.0 Å². The molecule has 6 nitrogen and oxygen atoms in total. The molecule has 30 heavy (non-hydrogen) atoms. The third-order valence-corrected chi connectivity index (χ3v) is 6.09. The number of hydrogen-bond acceptors (Lipinski definition) is 4. The Morgan fingerprint density at radius 1 is 1.07 bits per heavy atom. The van der Waals surface area contributed by atoms with Gasteiger partial charge in [0.15, 0.2) is 5.16 Å². The molecular formula is C23H24N4O2S. The summed E-state index contributed by atoms with van der Waals surface area (Å²) in [4.78, 5) is 31.1. The molecule has 1 aliphatic heterocycles. The average molecular weight is 421 g/mol. The van der Waals surface area contributed by atoms with Crippen molar-refractivity contribution in [2.75, 3.05) is 24.2 Å². The van der Waals surface area contributed by atoms with Gasteiger partial charge in [0.25, 0.3) is 5.91 Å². The van der Waals surface area contributed by atoms with Gasteiger partial charge in [-0.05, 0) is 55.7 Å². The molecule has 3 aromatic rings. The number of benzene rings is 2. The van der Waals surface area contributed by atoms with E-state index in [0.29, 0.717) is 11.3 Å². The summed E-state index contributed by atoms with van der Waals surface area (Å²) in [6, 6.07) is 15.2. The number of likely N-dealkylation sites (tertiary alicyclic amines) is 1. The number of hydrogen-bond donors (Lipinski definition) is 1. The van der Waals surface area contributed by atoms with Crippen molar-refractivity contribution >= 4 is 29.3 Å². The first-order valence-corrected chi connectivity index (χ1v) is 11.0. The van der Waals surface area contributed by atoms with Crippen LogP contribution in [0.5, 0.6) is 0 Å². The van der Waals surface area contributed by atoms with Gasteiger partial charge in [0, 0.05) is 36.7 Å². The molecule has 0 spiro atoms. The Kier molecular flexibility index (Phi) is 6.18. The fraction of sp³-hybridized carbons (Fsp3) is 0.261. The highest BCUT2D eigenvalue weighted by atomic mass is 32.2. The zero-order valence-corrected chi connectivity index (χ0v) is 17.7. The number of aryl methyl sites for hydroxylation is 1. The maximum atomic E-state index is 12.4. The number of carbonyl (C=O) groups is 2. The van der Waals surface area contributed by atoms with Crippen molar-refractivity contribution in [3.05, 3.63) is 72.1 Å². The van der Waals surface area contributed by atoms with Crippen molar-refractivity contribution in [3.8, 4) is 5.69 Å². The van der Waals surface area contributed by atoms with Crippen molar-refractivity contribution < 1.29 is 9.59 Å². The molecule has 0 bridgehead atoms. The Labute approximate surface area is 180 Å². The summed E-state index contributed by atoms with van der Waals surface area (Å²) in [6.07, 6.45) is 5.78. The summed E-state index contributed by atoms with van der Waals surface area (Å²) < 4.78 is 1.99.